The summed E-state index contributed by atoms with van der Waals surface area (Å²) < 4.78 is 5.10. The van der Waals surface area contributed by atoms with E-state index in [1.54, 1.807) is 30.3 Å². The highest BCUT2D eigenvalue weighted by molar-refractivity contribution is 6.40. The number of carbonyl (C=O) groups is 1. The van der Waals surface area contributed by atoms with Crippen molar-refractivity contribution in [2.24, 2.45) is 0 Å². The average molecular weight is 325 g/mol. The number of benzene rings is 2. The van der Waals surface area contributed by atoms with Gasteiger partial charge in [0, 0.05) is 5.56 Å². The molecule has 0 saturated carbocycles. The van der Waals surface area contributed by atoms with Gasteiger partial charge in [-0.05, 0) is 36.8 Å². The van der Waals surface area contributed by atoms with E-state index in [9.17, 15) is 4.79 Å². The second-order valence-corrected chi connectivity index (χ2v) is 5.25. The molecule has 1 amide bonds. The number of nitrogens with two attached hydrogens (primary N) is 1. The molecule has 0 radical (unpaired) electrons. The van der Waals surface area contributed by atoms with Gasteiger partial charge in [0.2, 0.25) is 0 Å². The minimum atomic E-state index is -0.345. The number of hydrogen-bond donors (Lipinski definition) is 2. The number of anilines is 2. The third-order valence-electron chi connectivity index (χ3n) is 3.02. The Bertz CT molecular complexity index is 702. The van der Waals surface area contributed by atoms with Crippen LogP contribution in [-0.2, 0) is 0 Å². The first-order valence-electron chi connectivity index (χ1n) is 6.13. The highest BCUT2D eigenvalue weighted by Crippen LogP contribution is 2.33. The molecule has 0 spiro atoms. The Kier molecular flexibility index (Phi) is 4.60. The van der Waals surface area contributed by atoms with Crippen LogP contribution >= 0.6 is 23.2 Å². The molecule has 0 aliphatic carbocycles. The standard InChI is InChI=1S/C15H14Cl2N2O2/c1-8-3-5-10(16)14(13(8)17)19-15(20)9-4-6-11(18)12(7-9)21-2/h3-7H,18H2,1-2H3,(H,19,20). The molecule has 0 aromatic heterocycles. The smallest absolute Gasteiger partial charge is 0.255 e. The Hall–Kier alpha value is -1.91. The van der Waals surface area contributed by atoms with E-state index in [-0.39, 0.29) is 5.91 Å². The van der Waals surface area contributed by atoms with Crippen LogP contribution < -0.4 is 15.8 Å². The molecule has 0 fully saturated rings. The SMILES string of the molecule is COc1cc(C(=O)Nc2c(Cl)ccc(C)c2Cl)ccc1N. The van der Waals surface area contributed by atoms with E-state index in [1.165, 1.54) is 7.11 Å². The first-order valence-corrected chi connectivity index (χ1v) is 6.89. The molecule has 6 heteroatoms. The number of hydrogen-bond acceptors (Lipinski definition) is 3. The second kappa shape index (κ2) is 6.24. The maximum atomic E-state index is 12.3. The summed E-state index contributed by atoms with van der Waals surface area (Å²) in [7, 11) is 1.49. The Morgan fingerprint density at radius 2 is 1.95 bits per heavy atom. The van der Waals surface area contributed by atoms with E-state index in [2.05, 4.69) is 5.32 Å². The van der Waals surface area contributed by atoms with Crippen molar-refractivity contribution in [1.82, 2.24) is 0 Å². The normalized spacial score (nSPS) is 10.3. The predicted octanol–water partition coefficient (Wildman–Crippen LogP) is 4.14. The molecule has 0 aliphatic rings. The molecule has 0 aliphatic heterocycles. The molecule has 21 heavy (non-hydrogen) atoms. The fraction of sp³-hybridized carbons (Fsp3) is 0.133. The average Bonchev–Trinajstić information content (AvgIpc) is 2.48. The first kappa shape index (κ1) is 15.5. The van der Waals surface area contributed by atoms with Crippen LogP contribution in [0.3, 0.4) is 0 Å². The number of halogens is 2. The number of carbonyl (C=O) groups excluding carboxylic acids is 1. The predicted molar refractivity (Wildman–Crippen MR) is 86.6 cm³/mol. The van der Waals surface area contributed by atoms with Gasteiger partial charge in [-0.25, -0.2) is 0 Å². The lowest BCUT2D eigenvalue weighted by Crippen LogP contribution is -2.13. The number of nitrogens with one attached hydrogen (secondary N) is 1. The van der Waals surface area contributed by atoms with Crippen LogP contribution in [0.4, 0.5) is 11.4 Å². The van der Waals surface area contributed by atoms with Crippen molar-refractivity contribution >= 4 is 40.5 Å². The number of methoxy groups -OCH3 is 1. The van der Waals surface area contributed by atoms with Gasteiger partial charge < -0.3 is 15.8 Å². The van der Waals surface area contributed by atoms with Gasteiger partial charge in [0.25, 0.3) is 5.91 Å². The minimum absolute atomic E-state index is 0.345. The van der Waals surface area contributed by atoms with Gasteiger partial charge >= 0.3 is 0 Å². The van der Waals surface area contributed by atoms with Crippen LogP contribution in [-0.4, -0.2) is 13.0 Å². The molecular formula is C15H14Cl2N2O2. The van der Waals surface area contributed by atoms with E-state index in [4.69, 9.17) is 33.7 Å². The fourth-order valence-electron chi connectivity index (χ4n) is 1.81. The van der Waals surface area contributed by atoms with Gasteiger partial charge in [-0.3, -0.25) is 4.79 Å². The molecule has 110 valence electrons. The van der Waals surface area contributed by atoms with Gasteiger partial charge in [-0.15, -0.1) is 0 Å². The summed E-state index contributed by atoms with van der Waals surface area (Å²) in [5.41, 5.74) is 7.79. The Morgan fingerprint density at radius 3 is 2.62 bits per heavy atom. The molecule has 2 aromatic rings. The van der Waals surface area contributed by atoms with Gasteiger partial charge in [0.1, 0.15) is 5.75 Å². The van der Waals surface area contributed by atoms with Crippen LogP contribution in [0.5, 0.6) is 5.75 Å². The third kappa shape index (κ3) is 3.23. The molecule has 2 rings (SSSR count). The molecule has 0 bridgehead atoms. The quantitative estimate of drug-likeness (QED) is 0.834. The minimum Gasteiger partial charge on any atom is -0.495 e. The summed E-state index contributed by atoms with van der Waals surface area (Å²) in [6.45, 7) is 1.83. The summed E-state index contributed by atoms with van der Waals surface area (Å²) in [5.74, 6) is 0.0896. The van der Waals surface area contributed by atoms with Crippen molar-refractivity contribution in [3.8, 4) is 5.75 Å². The number of amides is 1. The van der Waals surface area contributed by atoms with E-state index >= 15 is 0 Å². The molecule has 0 unspecified atom stereocenters. The van der Waals surface area contributed by atoms with E-state index in [1.807, 2.05) is 6.92 Å². The third-order valence-corrected chi connectivity index (χ3v) is 3.82. The van der Waals surface area contributed by atoms with Crippen LogP contribution in [0.15, 0.2) is 30.3 Å². The van der Waals surface area contributed by atoms with Crippen molar-refractivity contribution in [3.05, 3.63) is 51.5 Å². The lowest BCUT2D eigenvalue weighted by Gasteiger charge is -2.12. The van der Waals surface area contributed by atoms with E-state index < -0.39 is 0 Å². The maximum Gasteiger partial charge on any atom is 0.255 e. The van der Waals surface area contributed by atoms with E-state index in [0.717, 1.165) is 5.56 Å². The summed E-state index contributed by atoms with van der Waals surface area (Å²) in [4.78, 5) is 12.3. The molecule has 4 nitrogen and oxygen atoms in total. The number of ether oxygens (including phenoxy) is 1. The van der Waals surface area contributed by atoms with Crippen molar-refractivity contribution in [2.75, 3.05) is 18.2 Å². The van der Waals surface area contributed by atoms with Crippen LogP contribution in [0.25, 0.3) is 0 Å². The summed E-state index contributed by atoms with van der Waals surface area (Å²) >= 11 is 12.2. The molecule has 0 heterocycles. The van der Waals surface area contributed by atoms with Crippen LogP contribution in [0, 0.1) is 6.92 Å². The Morgan fingerprint density at radius 1 is 1.24 bits per heavy atom. The van der Waals surface area contributed by atoms with E-state index in [0.29, 0.717) is 32.7 Å². The maximum absolute atomic E-state index is 12.3. The summed E-state index contributed by atoms with van der Waals surface area (Å²) in [6, 6.07) is 8.23. The van der Waals surface area contributed by atoms with Gasteiger partial charge in [-0.1, -0.05) is 29.3 Å². The molecule has 2 aromatic carbocycles. The van der Waals surface area contributed by atoms with Gasteiger partial charge in [0.15, 0.2) is 0 Å². The summed E-state index contributed by atoms with van der Waals surface area (Å²) in [5, 5.41) is 3.50. The number of nitrogen functional groups attached to an aromatic ring is 1. The zero-order valence-corrected chi connectivity index (χ0v) is 13.0. The lowest BCUT2D eigenvalue weighted by atomic mass is 10.1. The molecular weight excluding hydrogens is 311 g/mol. The topological polar surface area (TPSA) is 64.3 Å². The highest BCUT2D eigenvalue weighted by atomic mass is 35.5. The first-order chi connectivity index (χ1) is 9.93. The van der Waals surface area contributed by atoms with Crippen molar-refractivity contribution in [1.29, 1.82) is 0 Å². The monoisotopic (exact) mass is 324 g/mol. The van der Waals surface area contributed by atoms with Crippen LogP contribution in [0.1, 0.15) is 15.9 Å². The Labute approximate surface area is 132 Å². The zero-order valence-electron chi connectivity index (χ0n) is 11.5. The van der Waals surface area contributed by atoms with Crippen LogP contribution in [0.2, 0.25) is 10.0 Å². The van der Waals surface area contributed by atoms with Gasteiger partial charge in [-0.2, -0.15) is 0 Å². The highest BCUT2D eigenvalue weighted by Gasteiger charge is 2.14. The second-order valence-electron chi connectivity index (χ2n) is 4.46. The zero-order chi connectivity index (χ0) is 15.6. The number of rotatable bonds is 3. The molecule has 0 atom stereocenters. The largest absolute Gasteiger partial charge is 0.495 e. The molecule has 3 N–H and O–H groups in total. The van der Waals surface area contributed by atoms with Crippen molar-refractivity contribution in [3.63, 3.8) is 0 Å². The van der Waals surface area contributed by atoms with Crippen molar-refractivity contribution in [2.45, 2.75) is 6.92 Å². The number of aryl methyl sites for hydroxylation is 1. The fourth-order valence-corrected chi connectivity index (χ4v) is 2.27. The summed E-state index contributed by atoms with van der Waals surface area (Å²) in [6.07, 6.45) is 0. The van der Waals surface area contributed by atoms with Crippen molar-refractivity contribution < 1.29 is 9.53 Å². The molecule has 0 saturated heterocycles. The Balaban J connectivity index is 2.33. The van der Waals surface area contributed by atoms with Gasteiger partial charge in [0.05, 0.1) is 28.5 Å². The lowest BCUT2D eigenvalue weighted by molar-refractivity contribution is 0.102.